The Hall–Kier alpha value is -4.21. The van der Waals surface area contributed by atoms with Crippen LogP contribution in [-0.4, -0.2) is 62.3 Å². The standard InChI is InChI=1S/C22H23N7O3/c1-14-6-7-18(32-4)15(10-14)20-17(12-28(26-20)13-19(30)27(2)3)25-22(31)16-11-24-29-9-5-8-23-21(16)29/h5-12H,13H2,1-4H3,(H,25,31). The number of rotatable bonds is 6. The average Bonchev–Trinajstić information content (AvgIpc) is 3.37. The quantitative estimate of drug-likeness (QED) is 0.500. The number of carbonyl (C=O) groups is 2. The minimum Gasteiger partial charge on any atom is -0.496 e. The van der Waals surface area contributed by atoms with E-state index in [4.69, 9.17) is 4.74 Å². The van der Waals surface area contributed by atoms with Gasteiger partial charge in [0.15, 0.2) is 5.65 Å². The van der Waals surface area contributed by atoms with Gasteiger partial charge in [-0.2, -0.15) is 10.2 Å². The lowest BCUT2D eigenvalue weighted by molar-refractivity contribution is -0.129. The Kier molecular flexibility index (Phi) is 5.59. The molecule has 10 heteroatoms. The number of hydrogen-bond donors (Lipinski definition) is 1. The Morgan fingerprint density at radius 3 is 2.81 bits per heavy atom. The maximum atomic E-state index is 13.1. The maximum Gasteiger partial charge on any atom is 0.261 e. The number of aryl methyl sites for hydroxylation is 1. The van der Waals surface area contributed by atoms with Gasteiger partial charge < -0.3 is 15.0 Å². The number of nitrogens with zero attached hydrogens (tertiary/aromatic N) is 6. The molecule has 2 amide bonds. The Morgan fingerprint density at radius 2 is 2.06 bits per heavy atom. The van der Waals surface area contributed by atoms with Gasteiger partial charge in [0, 0.05) is 38.2 Å². The van der Waals surface area contributed by atoms with Crippen molar-refractivity contribution in [2.45, 2.75) is 13.5 Å². The fourth-order valence-electron chi connectivity index (χ4n) is 3.26. The van der Waals surface area contributed by atoms with Gasteiger partial charge >= 0.3 is 0 Å². The normalized spacial score (nSPS) is 10.9. The van der Waals surface area contributed by atoms with E-state index < -0.39 is 0 Å². The van der Waals surface area contributed by atoms with Crippen molar-refractivity contribution in [1.29, 1.82) is 0 Å². The number of benzene rings is 1. The maximum absolute atomic E-state index is 13.1. The third-order valence-electron chi connectivity index (χ3n) is 4.94. The first-order chi connectivity index (χ1) is 15.4. The molecule has 1 aromatic carbocycles. The molecular formula is C22H23N7O3. The predicted molar refractivity (Wildman–Crippen MR) is 119 cm³/mol. The van der Waals surface area contributed by atoms with Gasteiger partial charge in [-0.1, -0.05) is 11.6 Å². The fourth-order valence-corrected chi connectivity index (χ4v) is 3.26. The van der Waals surface area contributed by atoms with Crippen molar-refractivity contribution in [1.82, 2.24) is 29.3 Å². The molecule has 0 saturated heterocycles. The topological polar surface area (TPSA) is 107 Å². The van der Waals surface area contributed by atoms with Gasteiger partial charge in [0.2, 0.25) is 5.91 Å². The number of ether oxygens (including phenoxy) is 1. The van der Waals surface area contributed by atoms with Crippen molar-refractivity contribution in [3.63, 3.8) is 0 Å². The van der Waals surface area contributed by atoms with E-state index in [0.29, 0.717) is 33.9 Å². The van der Waals surface area contributed by atoms with Crippen molar-refractivity contribution >= 4 is 23.1 Å². The number of likely N-dealkylation sites (N-methyl/N-ethyl adjacent to an activating group) is 1. The Morgan fingerprint density at radius 1 is 1.25 bits per heavy atom. The van der Waals surface area contributed by atoms with Gasteiger partial charge in [0.05, 0.1) is 19.0 Å². The minimum atomic E-state index is -0.384. The highest BCUT2D eigenvalue weighted by Crippen LogP contribution is 2.35. The van der Waals surface area contributed by atoms with E-state index >= 15 is 0 Å². The molecule has 0 spiro atoms. The molecule has 4 rings (SSSR count). The van der Waals surface area contributed by atoms with Crippen LogP contribution in [0.15, 0.2) is 49.1 Å². The summed E-state index contributed by atoms with van der Waals surface area (Å²) in [6.45, 7) is 1.99. The van der Waals surface area contributed by atoms with Crippen LogP contribution in [0.1, 0.15) is 15.9 Å². The molecule has 0 aliphatic heterocycles. The number of amides is 2. The summed E-state index contributed by atoms with van der Waals surface area (Å²) in [5, 5.41) is 11.7. The smallest absolute Gasteiger partial charge is 0.261 e. The van der Waals surface area contributed by atoms with Gasteiger partial charge in [0.1, 0.15) is 23.6 Å². The van der Waals surface area contributed by atoms with Crippen molar-refractivity contribution in [2.75, 3.05) is 26.5 Å². The summed E-state index contributed by atoms with van der Waals surface area (Å²) in [6.07, 6.45) is 6.41. The van der Waals surface area contributed by atoms with E-state index in [1.807, 2.05) is 25.1 Å². The molecule has 164 valence electrons. The highest BCUT2D eigenvalue weighted by atomic mass is 16.5. The largest absolute Gasteiger partial charge is 0.496 e. The highest BCUT2D eigenvalue weighted by molar-refractivity contribution is 6.09. The van der Waals surface area contributed by atoms with E-state index in [0.717, 1.165) is 5.56 Å². The number of hydrogen-bond acceptors (Lipinski definition) is 6. The number of methoxy groups -OCH3 is 1. The van der Waals surface area contributed by atoms with E-state index in [1.165, 1.54) is 20.3 Å². The van der Waals surface area contributed by atoms with Crippen molar-refractivity contribution in [2.24, 2.45) is 0 Å². The van der Waals surface area contributed by atoms with Crippen LogP contribution in [0.5, 0.6) is 5.75 Å². The first-order valence-corrected chi connectivity index (χ1v) is 9.89. The molecule has 0 atom stereocenters. The first kappa shape index (κ1) is 21.0. The zero-order valence-electron chi connectivity index (χ0n) is 18.2. The number of carbonyl (C=O) groups excluding carboxylic acids is 2. The molecule has 3 heterocycles. The highest BCUT2D eigenvalue weighted by Gasteiger charge is 2.21. The van der Waals surface area contributed by atoms with Crippen molar-refractivity contribution < 1.29 is 14.3 Å². The van der Waals surface area contributed by atoms with Crippen LogP contribution in [0.2, 0.25) is 0 Å². The Bertz CT molecular complexity index is 1310. The molecule has 0 fully saturated rings. The zero-order chi connectivity index (χ0) is 22.8. The summed E-state index contributed by atoms with van der Waals surface area (Å²) in [5.41, 5.74) is 3.41. The summed E-state index contributed by atoms with van der Waals surface area (Å²) in [5.74, 6) is 0.0953. The van der Waals surface area contributed by atoms with Crippen LogP contribution in [0.25, 0.3) is 16.9 Å². The Labute approximate surface area is 184 Å². The van der Waals surface area contributed by atoms with Crippen molar-refractivity contribution in [3.8, 4) is 17.0 Å². The molecule has 4 aromatic rings. The lowest BCUT2D eigenvalue weighted by atomic mass is 10.1. The summed E-state index contributed by atoms with van der Waals surface area (Å²) in [7, 11) is 4.93. The van der Waals surface area contributed by atoms with Crippen LogP contribution in [-0.2, 0) is 11.3 Å². The number of aromatic nitrogens is 5. The van der Waals surface area contributed by atoms with Gasteiger partial charge in [0.25, 0.3) is 5.91 Å². The molecule has 1 N–H and O–H groups in total. The molecular weight excluding hydrogens is 410 g/mol. The lowest BCUT2D eigenvalue weighted by Gasteiger charge is -2.10. The van der Waals surface area contributed by atoms with Crippen molar-refractivity contribution in [3.05, 3.63) is 60.2 Å². The van der Waals surface area contributed by atoms with E-state index in [-0.39, 0.29) is 18.4 Å². The molecule has 0 radical (unpaired) electrons. The third-order valence-corrected chi connectivity index (χ3v) is 4.94. The van der Waals surface area contributed by atoms with Gasteiger partial charge in [-0.25, -0.2) is 9.50 Å². The summed E-state index contributed by atoms with van der Waals surface area (Å²) in [4.78, 5) is 31.0. The molecule has 32 heavy (non-hydrogen) atoms. The molecule has 0 aliphatic carbocycles. The second-order valence-corrected chi connectivity index (χ2v) is 7.48. The van der Waals surface area contributed by atoms with E-state index in [2.05, 4.69) is 20.5 Å². The zero-order valence-corrected chi connectivity index (χ0v) is 18.2. The van der Waals surface area contributed by atoms with E-state index in [1.54, 1.807) is 45.9 Å². The molecule has 10 nitrogen and oxygen atoms in total. The Balaban J connectivity index is 1.76. The van der Waals surface area contributed by atoms with Crippen LogP contribution in [0.4, 0.5) is 5.69 Å². The number of nitrogens with one attached hydrogen (secondary N) is 1. The lowest BCUT2D eigenvalue weighted by Crippen LogP contribution is -2.26. The number of anilines is 1. The molecule has 3 aromatic heterocycles. The molecule has 0 unspecified atom stereocenters. The predicted octanol–water partition coefficient (Wildman–Crippen LogP) is 2.25. The summed E-state index contributed by atoms with van der Waals surface area (Å²) in [6, 6.07) is 7.43. The van der Waals surface area contributed by atoms with Crippen LogP contribution in [0, 0.1) is 6.92 Å². The van der Waals surface area contributed by atoms with Gasteiger partial charge in [-0.15, -0.1) is 0 Å². The van der Waals surface area contributed by atoms with Gasteiger partial charge in [-0.3, -0.25) is 14.3 Å². The summed E-state index contributed by atoms with van der Waals surface area (Å²) >= 11 is 0. The molecule has 0 aliphatic rings. The average molecular weight is 433 g/mol. The van der Waals surface area contributed by atoms with E-state index in [9.17, 15) is 9.59 Å². The van der Waals surface area contributed by atoms with Crippen LogP contribution in [0.3, 0.4) is 0 Å². The molecule has 0 bridgehead atoms. The molecule has 0 saturated carbocycles. The van der Waals surface area contributed by atoms with Gasteiger partial charge in [-0.05, 0) is 25.1 Å². The monoisotopic (exact) mass is 433 g/mol. The summed E-state index contributed by atoms with van der Waals surface area (Å²) < 4.78 is 8.54. The van der Waals surface area contributed by atoms with Crippen LogP contribution < -0.4 is 10.1 Å². The minimum absolute atomic E-state index is 0.0300. The van der Waals surface area contributed by atoms with Crippen LogP contribution >= 0.6 is 0 Å². The third kappa shape index (κ3) is 4.02. The fraction of sp³-hybridized carbons (Fsp3) is 0.227. The second-order valence-electron chi connectivity index (χ2n) is 7.48. The second kappa shape index (κ2) is 8.50. The first-order valence-electron chi connectivity index (χ1n) is 9.89. The number of fused-ring (bicyclic) bond motifs is 1. The SMILES string of the molecule is COc1ccc(C)cc1-c1nn(CC(=O)N(C)C)cc1NC(=O)c1cnn2cccnc12.